The summed E-state index contributed by atoms with van der Waals surface area (Å²) in [6, 6.07) is 10.9. The van der Waals surface area contributed by atoms with Crippen LogP contribution in [0, 0.1) is 11.8 Å². The van der Waals surface area contributed by atoms with Gasteiger partial charge >= 0.3 is 0 Å². The Kier molecular flexibility index (Phi) is 5.23. The van der Waals surface area contributed by atoms with Gasteiger partial charge in [-0.15, -0.1) is 0 Å². The highest BCUT2D eigenvalue weighted by molar-refractivity contribution is 5.29. The van der Waals surface area contributed by atoms with Gasteiger partial charge in [0.05, 0.1) is 0 Å². The average molecular weight is 268 g/mol. The molecule has 1 aromatic carbocycles. The SMILES string of the molecule is C=C(CCC1CC1c1ccccc1)C(=C)C(C)CCC. The van der Waals surface area contributed by atoms with Gasteiger partial charge in [0.25, 0.3) is 0 Å². The summed E-state index contributed by atoms with van der Waals surface area (Å²) >= 11 is 0. The van der Waals surface area contributed by atoms with Gasteiger partial charge in [0, 0.05) is 0 Å². The Morgan fingerprint density at radius 3 is 2.60 bits per heavy atom. The highest BCUT2D eigenvalue weighted by Gasteiger charge is 2.37. The van der Waals surface area contributed by atoms with Gasteiger partial charge in [-0.1, -0.05) is 69.3 Å². The van der Waals surface area contributed by atoms with E-state index in [9.17, 15) is 0 Å². The quantitative estimate of drug-likeness (QED) is 0.498. The fourth-order valence-electron chi connectivity index (χ4n) is 3.15. The van der Waals surface area contributed by atoms with Crippen LogP contribution in [-0.2, 0) is 0 Å². The minimum atomic E-state index is 0.594. The zero-order chi connectivity index (χ0) is 14.5. The molecule has 0 heterocycles. The number of hydrogen-bond donors (Lipinski definition) is 0. The fourth-order valence-corrected chi connectivity index (χ4v) is 3.15. The summed E-state index contributed by atoms with van der Waals surface area (Å²) in [5.74, 6) is 2.25. The van der Waals surface area contributed by atoms with E-state index in [-0.39, 0.29) is 0 Å². The Hall–Kier alpha value is -1.30. The molecule has 0 N–H and O–H groups in total. The molecular formula is C20H28. The lowest BCUT2D eigenvalue weighted by molar-refractivity contribution is 0.597. The van der Waals surface area contributed by atoms with Crippen molar-refractivity contribution >= 4 is 0 Å². The molecule has 0 bridgehead atoms. The van der Waals surface area contributed by atoms with Crippen LogP contribution in [0.2, 0.25) is 0 Å². The lowest BCUT2D eigenvalue weighted by Crippen LogP contribution is -2.01. The maximum absolute atomic E-state index is 4.26. The first-order valence-electron chi connectivity index (χ1n) is 8.05. The topological polar surface area (TPSA) is 0 Å². The smallest absolute Gasteiger partial charge is 0.0130 e. The third-order valence-electron chi connectivity index (χ3n) is 4.74. The Bertz CT molecular complexity index is 454. The van der Waals surface area contributed by atoms with Crippen LogP contribution in [0.3, 0.4) is 0 Å². The Morgan fingerprint density at radius 2 is 1.95 bits per heavy atom. The molecule has 0 aliphatic heterocycles. The highest BCUT2D eigenvalue weighted by atomic mass is 14.4. The Balaban J connectivity index is 1.74. The van der Waals surface area contributed by atoms with E-state index in [1.165, 1.54) is 42.4 Å². The first kappa shape index (κ1) is 15.1. The van der Waals surface area contributed by atoms with Gasteiger partial charge in [-0.25, -0.2) is 0 Å². The van der Waals surface area contributed by atoms with Gasteiger partial charge in [-0.3, -0.25) is 0 Å². The molecule has 1 fully saturated rings. The molecule has 0 radical (unpaired) electrons. The Morgan fingerprint density at radius 1 is 1.25 bits per heavy atom. The third-order valence-corrected chi connectivity index (χ3v) is 4.74. The van der Waals surface area contributed by atoms with Crippen molar-refractivity contribution in [2.45, 2.75) is 51.9 Å². The molecule has 0 aromatic heterocycles. The van der Waals surface area contributed by atoms with Crippen molar-refractivity contribution in [2.75, 3.05) is 0 Å². The van der Waals surface area contributed by atoms with Crippen molar-refractivity contribution in [1.29, 1.82) is 0 Å². The number of hydrogen-bond acceptors (Lipinski definition) is 0. The largest absolute Gasteiger partial charge is 0.0956 e. The van der Waals surface area contributed by atoms with Crippen molar-refractivity contribution in [3.63, 3.8) is 0 Å². The molecule has 0 nitrogen and oxygen atoms in total. The monoisotopic (exact) mass is 268 g/mol. The maximum Gasteiger partial charge on any atom is -0.0130 e. The van der Waals surface area contributed by atoms with Crippen LogP contribution in [-0.4, -0.2) is 0 Å². The van der Waals surface area contributed by atoms with E-state index in [0.717, 1.165) is 18.3 Å². The molecule has 20 heavy (non-hydrogen) atoms. The molecule has 0 spiro atoms. The molecule has 0 saturated heterocycles. The summed E-state index contributed by atoms with van der Waals surface area (Å²) in [5.41, 5.74) is 4.08. The second kappa shape index (κ2) is 6.92. The zero-order valence-corrected chi connectivity index (χ0v) is 13.1. The summed E-state index contributed by atoms with van der Waals surface area (Å²) in [7, 11) is 0. The summed E-state index contributed by atoms with van der Waals surface area (Å²) in [6.45, 7) is 13.0. The normalized spacial score (nSPS) is 22.3. The standard InChI is InChI=1S/C20H28/c1-5-9-15(2)17(4)16(3)12-13-19-14-20(19)18-10-7-6-8-11-18/h6-8,10-11,15,19-20H,3-5,9,12-14H2,1-2H3. The second-order valence-corrected chi connectivity index (χ2v) is 6.37. The fraction of sp³-hybridized carbons (Fsp3) is 0.500. The van der Waals surface area contributed by atoms with Crippen molar-refractivity contribution in [2.24, 2.45) is 11.8 Å². The molecule has 0 amide bonds. The van der Waals surface area contributed by atoms with Gasteiger partial charge in [0.2, 0.25) is 0 Å². The summed E-state index contributed by atoms with van der Waals surface area (Å²) < 4.78 is 0. The van der Waals surface area contributed by atoms with E-state index >= 15 is 0 Å². The lowest BCUT2D eigenvalue weighted by atomic mass is 9.90. The van der Waals surface area contributed by atoms with E-state index in [1.807, 2.05) is 0 Å². The van der Waals surface area contributed by atoms with Crippen LogP contribution in [0.15, 0.2) is 54.6 Å². The molecule has 3 atom stereocenters. The van der Waals surface area contributed by atoms with E-state index in [4.69, 9.17) is 0 Å². The van der Waals surface area contributed by atoms with E-state index in [1.54, 1.807) is 0 Å². The lowest BCUT2D eigenvalue weighted by Gasteiger charge is -2.16. The van der Waals surface area contributed by atoms with Crippen molar-refractivity contribution < 1.29 is 0 Å². The van der Waals surface area contributed by atoms with E-state index in [0.29, 0.717) is 5.92 Å². The molecule has 2 rings (SSSR count). The molecular weight excluding hydrogens is 240 g/mol. The highest BCUT2D eigenvalue weighted by Crippen LogP contribution is 2.50. The van der Waals surface area contributed by atoms with Crippen LogP contribution in [0.4, 0.5) is 0 Å². The van der Waals surface area contributed by atoms with Crippen LogP contribution in [0.25, 0.3) is 0 Å². The van der Waals surface area contributed by atoms with Crippen LogP contribution >= 0.6 is 0 Å². The van der Waals surface area contributed by atoms with Gasteiger partial charge in [0.15, 0.2) is 0 Å². The third kappa shape index (κ3) is 3.85. The molecule has 1 aromatic rings. The van der Waals surface area contributed by atoms with Crippen LogP contribution in [0.1, 0.15) is 57.4 Å². The molecule has 0 heteroatoms. The van der Waals surface area contributed by atoms with E-state index in [2.05, 4.69) is 57.3 Å². The minimum Gasteiger partial charge on any atom is -0.0956 e. The number of rotatable bonds is 8. The number of allylic oxidation sites excluding steroid dienone is 2. The molecule has 3 unspecified atom stereocenters. The van der Waals surface area contributed by atoms with Crippen molar-refractivity contribution in [3.05, 3.63) is 60.2 Å². The average Bonchev–Trinajstić information content (AvgIpc) is 3.24. The first-order valence-corrected chi connectivity index (χ1v) is 8.05. The van der Waals surface area contributed by atoms with Gasteiger partial charge in [0.1, 0.15) is 0 Å². The second-order valence-electron chi connectivity index (χ2n) is 6.37. The van der Waals surface area contributed by atoms with Crippen molar-refractivity contribution in [1.82, 2.24) is 0 Å². The predicted octanol–water partition coefficient (Wildman–Crippen LogP) is 6.12. The van der Waals surface area contributed by atoms with E-state index < -0.39 is 0 Å². The molecule has 108 valence electrons. The van der Waals surface area contributed by atoms with Crippen LogP contribution < -0.4 is 0 Å². The molecule has 1 aliphatic carbocycles. The maximum atomic E-state index is 4.26. The first-order chi connectivity index (χ1) is 9.63. The minimum absolute atomic E-state index is 0.594. The Labute approximate surface area is 124 Å². The predicted molar refractivity (Wildman–Crippen MR) is 88.9 cm³/mol. The van der Waals surface area contributed by atoms with Gasteiger partial charge in [-0.05, 0) is 54.6 Å². The molecule has 1 saturated carbocycles. The van der Waals surface area contributed by atoms with Gasteiger partial charge < -0.3 is 0 Å². The zero-order valence-electron chi connectivity index (χ0n) is 13.1. The molecule has 1 aliphatic rings. The summed E-state index contributed by atoms with van der Waals surface area (Å²) in [4.78, 5) is 0. The summed E-state index contributed by atoms with van der Waals surface area (Å²) in [6.07, 6.45) is 6.21. The summed E-state index contributed by atoms with van der Waals surface area (Å²) in [5, 5.41) is 0. The van der Waals surface area contributed by atoms with Gasteiger partial charge in [-0.2, -0.15) is 0 Å². The van der Waals surface area contributed by atoms with Crippen molar-refractivity contribution in [3.8, 4) is 0 Å². The number of benzene rings is 1. The van der Waals surface area contributed by atoms with Crippen LogP contribution in [0.5, 0.6) is 0 Å².